The second-order valence-corrected chi connectivity index (χ2v) is 6.46. The zero-order valence-electron chi connectivity index (χ0n) is 13.7. The van der Waals surface area contributed by atoms with Crippen molar-refractivity contribution in [3.63, 3.8) is 0 Å². The van der Waals surface area contributed by atoms with Gasteiger partial charge in [-0.3, -0.25) is 0 Å². The Labute approximate surface area is 135 Å². The molecule has 6 heteroatoms. The van der Waals surface area contributed by atoms with Gasteiger partial charge in [-0.15, -0.1) is 0 Å². The van der Waals surface area contributed by atoms with Crippen molar-refractivity contribution in [2.75, 3.05) is 24.7 Å². The van der Waals surface area contributed by atoms with E-state index in [0.717, 1.165) is 6.42 Å². The average molecular weight is 318 g/mol. The number of fused-ring (bicyclic) bond motifs is 1. The van der Waals surface area contributed by atoms with Gasteiger partial charge in [0.2, 0.25) is 0 Å². The van der Waals surface area contributed by atoms with Gasteiger partial charge < -0.3 is 19.2 Å². The predicted molar refractivity (Wildman–Crippen MR) is 87.1 cm³/mol. The number of aryl methyl sites for hydroxylation is 1. The molecule has 1 atom stereocenters. The maximum absolute atomic E-state index is 11.5. The zero-order valence-corrected chi connectivity index (χ0v) is 13.7. The third-order valence-electron chi connectivity index (χ3n) is 4.19. The minimum Gasteiger partial charge on any atom is -0.478 e. The average Bonchev–Trinajstić information content (AvgIpc) is 2.90. The lowest BCUT2D eigenvalue weighted by Gasteiger charge is -2.35. The number of rotatable bonds is 4. The first-order valence-electron chi connectivity index (χ1n) is 7.95. The number of carboxylic acids is 1. The summed E-state index contributed by atoms with van der Waals surface area (Å²) in [6, 6.07) is 4.23. The first-order chi connectivity index (χ1) is 11.0. The Hall–Kier alpha value is -2.08. The summed E-state index contributed by atoms with van der Waals surface area (Å²) in [6.45, 7) is 8.08. The van der Waals surface area contributed by atoms with E-state index < -0.39 is 5.97 Å². The molecule has 0 spiro atoms. The topological polar surface area (TPSA) is 75.8 Å². The third kappa shape index (κ3) is 3.03. The first kappa shape index (κ1) is 15.8. The number of nitrogens with zero attached hydrogens (tertiary/aromatic N) is 2. The van der Waals surface area contributed by atoms with Gasteiger partial charge in [0.15, 0.2) is 5.58 Å². The van der Waals surface area contributed by atoms with E-state index in [9.17, 15) is 9.90 Å². The molecule has 0 saturated carbocycles. The van der Waals surface area contributed by atoms with Crippen LogP contribution in [0.4, 0.5) is 6.01 Å². The summed E-state index contributed by atoms with van der Waals surface area (Å²) in [4.78, 5) is 18.1. The lowest BCUT2D eigenvalue weighted by atomic mass is 10.0. The lowest BCUT2D eigenvalue weighted by molar-refractivity contribution is 0.0698. The molecule has 6 nitrogen and oxygen atoms in total. The number of carbonyl (C=O) groups is 1. The van der Waals surface area contributed by atoms with Crippen LogP contribution in [-0.4, -0.2) is 41.9 Å². The van der Waals surface area contributed by atoms with Gasteiger partial charge in [-0.2, -0.15) is 4.98 Å². The van der Waals surface area contributed by atoms with E-state index >= 15 is 0 Å². The number of aromatic nitrogens is 1. The van der Waals surface area contributed by atoms with Crippen LogP contribution in [-0.2, 0) is 4.74 Å². The lowest BCUT2D eigenvalue weighted by Crippen LogP contribution is -2.46. The van der Waals surface area contributed by atoms with Crippen molar-refractivity contribution in [1.82, 2.24) is 4.98 Å². The molecule has 2 heterocycles. The molecule has 1 aliphatic heterocycles. The Morgan fingerprint density at radius 2 is 2.26 bits per heavy atom. The fraction of sp³-hybridized carbons (Fsp3) is 0.529. The second-order valence-electron chi connectivity index (χ2n) is 6.46. The van der Waals surface area contributed by atoms with Gasteiger partial charge in [-0.05, 0) is 30.9 Å². The Morgan fingerprint density at radius 3 is 2.96 bits per heavy atom. The van der Waals surface area contributed by atoms with Crippen molar-refractivity contribution in [1.29, 1.82) is 0 Å². The molecule has 1 aliphatic rings. The minimum atomic E-state index is -0.978. The molecule has 1 fully saturated rings. The third-order valence-corrected chi connectivity index (χ3v) is 4.19. The van der Waals surface area contributed by atoms with Crippen molar-refractivity contribution >= 4 is 23.1 Å². The van der Waals surface area contributed by atoms with Gasteiger partial charge in [0, 0.05) is 6.54 Å². The van der Waals surface area contributed by atoms with E-state index in [1.165, 1.54) is 0 Å². The van der Waals surface area contributed by atoms with Crippen LogP contribution in [0, 0.1) is 12.8 Å². The molecule has 1 N–H and O–H groups in total. The molecule has 1 aromatic carbocycles. The number of hydrogen-bond donors (Lipinski definition) is 1. The number of anilines is 1. The second kappa shape index (κ2) is 6.20. The van der Waals surface area contributed by atoms with Gasteiger partial charge in [-0.25, -0.2) is 4.79 Å². The largest absolute Gasteiger partial charge is 0.478 e. The highest BCUT2D eigenvalue weighted by atomic mass is 16.5. The highest BCUT2D eigenvalue weighted by molar-refractivity contribution is 6.02. The predicted octanol–water partition coefficient (Wildman–Crippen LogP) is 3.09. The normalized spacial score (nSPS) is 18.8. The Balaban J connectivity index is 2.02. The summed E-state index contributed by atoms with van der Waals surface area (Å²) in [5.41, 5.74) is 1.83. The smallest absolute Gasteiger partial charge is 0.338 e. The van der Waals surface area contributed by atoms with Crippen LogP contribution in [0.3, 0.4) is 0 Å². The van der Waals surface area contributed by atoms with Crippen LogP contribution in [0.2, 0.25) is 0 Å². The molecule has 0 radical (unpaired) electrons. The number of ether oxygens (including phenoxy) is 1. The molecular weight excluding hydrogens is 296 g/mol. The van der Waals surface area contributed by atoms with Crippen LogP contribution in [0.5, 0.6) is 0 Å². The molecule has 1 unspecified atom stereocenters. The number of morpholine rings is 1. The summed E-state index contributed by atoms with van der Waals surface area (Å²) in [6.07, 6.45) is 0.976. The fourth-order valence-corrected chi connectivity index (χ4v) is 3.12. The standard InChI is InChI=1S/C17H22N2O4/c1-10(2)8-12-9-22-7-6-19(12)17-18-15-13(23-17)5-4-11(3)14(15)16(20)21/h4-5,10,12H,6-9H2,1-3H3,(H,20,21). The van der Waals surface area contributed by atoms with Crippen LogP contribution < -0.4 is 4.90 Å². The molecule has 1 aromatic heterocycles. The van der Waals surface area contributed by atoms with Crippen molar-refractivity contribution in [2.45, 2.75) is 33.2 Å². The summed E-state index contributed by atoms with van der Waals surface area (Å²) >= 11 is 0. The number of aromatic carboxylic acids is 1. The Kier molecular flexibility index (Phi) is 4.26. The molecule has 2 aromatic rings. The van der Waals surface area contributed by atoms with Gasteiger partial charge in [0.05, 0.1) is 24.8 Å². The highest BCUT2D eigenvalue weighted by Gasteiger charge is 2.28. The van der Waals surface area contributed by atoms with Crippen molar-refractivity contribution in [2.24, 2.45) is 5.92 Å². The summed E-state index contributed by atoms with van der Waals surface area (Å²) in [7, 11) is 0. The molecule has 0 aliphatic carbocycles. The van der Waals surface area contributed by atoms with E-state index in [1.807, 2.05) is 0 Å². The molecular formula is C17H22N2O4. The van der Waals surface area contributed by atoms with E-state index in [0.29, 0.717) is 48.4 Å². The van der Waals surface area contributed by atoms with Crippen LogP contribution >= 0.6 is 0 Å². The Bertz CT molecular complexity index is 723. The van der Waals surface area contributed by atoms with Crippen LogP contribution in [0.15, 0.2) is 16.5 Å². The first-order valence-corrected chi connectivity index (χ1v) is 7.95. The van der Waals surface area contributed by atoms with Crippen LogP contribution in [0.25, 0.3) is 11.1 Å². The van der Waals surface area contributed by atoms with Crippen molar-refractivity contribution in [3.05, 3.63) is 23.3 Å². The minimum absolute atomic E-state index is 0.200. The summed E-state index contributed by atoms with van der Waals surface area (Å²) in [5.74, 6) is -0.445. The monoisotopic (exact) mass is 318 g/mol. The number of benzene rings is 1. The molecule has 23 heavy (non-hydrogen) atoms. The fourth-order valence-electron chi connectivity index (χ4n) is 3.12. The quantitative estimate of drug-likeness (QED) is 0.933. The molecule has 3 rings (SSSR count). The number of carboxylic acid groups (broad SMARTS) is 1. The van der Waals surface area contributed by atoms with E-state index in [-0.39, 0.29) is 11.6 Å². The zero-order chi connectivity index (χ0) is 16.6. The van der Waals surface area contributed by atoms with E-state index in [2.05, 4.69) is 23.7 Å². The summed E-state index contributed by atoms with van der Waals surface area (Å²) in [5, 5.41) is 9.44. The van der Waals surface area contributed by atoms with Gasteiger partial charge in [0.1, 0.15) is 5.52 Å². The highest BCUT2D eigenvalue weighted by Crippen LogP contribution is 2.29. The van der Waals surface area contributed by atoms with Gasteiger partial charge in [-0.1, -0.05) is 19.9 Å². The van der Waals surface area contributed by atoms with E-state index in [4.69, 9.17) is 9.15 Å². The number of hydrogen-bond acceptors (Lipinski definition) is 5. The Morgan fingerprint density at radius 1 is 1.48 bits per heavy atom. The number of oxazole rings is 1. The van der Waals surface area contributed by atoms with Gasteiger partial charge >= 0.3 is 5.97 Å². The van der Waals surface area contributed by atoms with Crippen molar-refractivity contribution in [3.8, 4) is 0 Å². The van der Waals surface area contributed by atoms with E-state index in [1.54, 1.807) is 19.1 Å². The summed E-state index contributed by atoms with van der Waals surface area (Å²) < 4.78 is 11.4. The molecule has 0 amide bonds. The molecule has 0 bridgehead atoms. The molecule has 124 valence electrons. The SMILES string of the molecule is Cc1ccc2oc(N3CCOCC3CC(C)C)nc2c1C(=O)O. The van der Waals surface area contributed by atoms with Gasteiger partial charge in [0.25, 0.3) is 6.01 Å². The maximum Gasteiger partial charge on any atom is 0.338 e. The van der Waals surface area contributed by atoms with Crippen molar-refractivity contribution < 1.29 is 19.1 Å². The van der Waals surface area contributed by atoms with Crippen LogP contribution in [0.1, 0.15) is 36.2 Å². The maximum atomic E-state index is 11.5. The molecule has 1 saturated heterocycles.